The summed E-state index contributed by atoms with van der Waals surface area (Å²) < 4.78 is 21.1. The van der Waals surface area contributed by atoms with Crippen LogP contribution in [0.2, 0.25) is 0 Å². The van der Waals surface area contributed by atoms with E-state index < -0.39 is 6.10 Å². The lowest BCUT2D eigenvalue weighted by molar-refractivity contribution is -0.129. The normalized spacial score (nSPS) is 12.6. The number of hydrogen-bond acceptors (Lipinski definition) is 5. The first-order valence-electron chi connectivity index (χ1n) is 11.4. The Bertz CT molecular complexity index is 1280. The van der Waals surface area contributed by atoms with Crippen LogP contribution in [-0.2, 0) is 29.1 Å². The summed E-state index contributed by atoms with van der Waals surface area (Å²) in [7, 11) is 0. The van der Waals surface area contributed by atoms with Crippen molar-refractivity contribution in [2.45, 2.75) is 73.6 Å². The summed E-state index contributed by atoms with van der Waals surface area (Å²) in [5.74, 6) is -0.288. The first-order chi connectivity index (χ1) is 15.8. The predicted molar refractivity (Wildman–Crippen MR) is 127 cm³/mol. The second-order valence-electron chi connectivity index (χ2n) is 8.11. The fourth-order valence-electron chi connectivity index (χ4n) is 4.63. The highest BCUT2D eigenvalue weighted by molar-refractivity contribution is 5.91. The molecule has 0 saturated heterocycles. The number of aliphatic hydroxyl groups excluding tert-OH is 1. The van der Waals surface area contributed by atoms with E-state index in [-0.39, 0.29) is 30.0 Å². The topological polar surface area (TPSA) is 81.4 Å². The highest BCUT2D eigenvalue weighted by Gasteiger charge is 2.29. The lowest BCUT2D eigenvalue weighted by Gasteiger charge is -2.15. The number of nitrogens with zero attached hydrogens (tertiary/aromatic N) is 2. The van der Waals surface area contributed by atoms with Gasteiger partial charge in [-0.1, -0.05) is 27.2 Å². The first kappa shape index (κ1) is 24.6. The van der Waals surface area contributed by atoms with Gasteiger partial charge in [0.15, 0.2) is 0 Å². The average molecular weight is 455 g/mol. The summed E-state index contributed by atoms with van der Waals surface area (Å²) in [6, 6.07) is 3.18. The zero-order valence-corrected chi connectivity index (χ0v) is 20.1. The maximum atomic E-state index is 14.6. The van der Waals surface area contributed by atoms with Crippen molar-refractivity contribution >= 4 is 17.4 Å². The quantitative estimate of drug-likeness (QED) is 0.420. The largest absolute Gasteiger partial charge is 0.463 e. The van der Waals surface area contributed by atoms with Crippen LogP contribution in [0, 0.1) is 19.7 Å². The van der Waals surface area contributed by atoms with Gasteiger partial charge in [0.05, 0.1) is 35.1 Å². The Morgan fingerprint density at radius 1 is 1.24 bits per heavy atom. The van der Waals surface area contributed by atoms with E-state index in [9.17, 15) is 19.1 Å². The molecule has 4 rings (SSSR count). The number of fused-ring (bicyclic) bond motifs is 4. The number of hydrogen-bond donors (Lipinski definition) is 1. The molecule has 2 aromatic heterocycles. The minimum atomic E-state index is -0.925. The van der Waals surface area contributed by atoms with Crippen molar-refractivity contribution < 1.29 is 19.0 Å². The van der Waals surface area contributed by atoms with E-state index in [4.69, 9.17) is 9.72 Å². The van der Waals surface area contributed by atoms with Crippen LogP contribution in [-0.4, -0.2) is 21.1 Å². The number of aliphatic hydroxyl groups is 1. The second kappa shape index (κ2) is 9.83. The van der Waals surface area contributed by atoms with Gasteiger partial charge in [0.1, 0.15) is 12.4 Å². The van der Waals surface area contributed by atoms with Crippen LogP contribution in [0.25, 0.3) is 22.3 Å². The number of rotatable bonds is 6. The number of carbonyl (C=O) groups excluding carboxylic acids is 1. The van der Waals surface area contributed by atoms with Gasteiger partial charge in [0, 0.05) is 17.0 Å². The van der Waals surface area contributed by atoms with Gasteiger partial charge in [0.2, 0.25) is 0 Å². The van der Waals surface area contributed by atoms with Crippen molar-refractivity contribution in [3.05, 3.63) is 61.7 Å². The molecule has 7 heteroatoms. The lowest BCUT2D eigenvalue weighted by Crippen LogP contribution is -2.26. The molecular weight excluding hydrogens is 423 g/mol. The zero-order chi connectivity index (χ0) is 24.4. The Hall–Kier alpha value is -3.06. The summed E-state index contributed by atoms with van der Waals surface area (Å²) >= 11 is 0. The zero-order valence-electron chi connectivity index (χ0n) is 20.1. The Balaban J connectivity index is 0.00000149. The summed E-state index contributed by atoms with van der Waals surface area (Å²) in [6.07, 6.45) is 0.701. The van der Waals surface area contributed by atoms with E-state index in [0.29, 0.717) is 34.6 Å². The van der Waals surface area contributed by atoms with Gasteiger partial charge < -0.3 is 14.4 Å². The minimum absolute atomic E-state index is 0.210. The van der Waals surface area contributed by atoms with E-state index in [0.717, 1.165) is 34.9 Å². The molecule has 0 bridgehead atoms. The molecule has 0 saturated carbocycles. The van der Waals surface area contributed by atoms with Crippen LogP contribution in [0.3, 0.4) is 0 Å². The van der Waals surface area contributed by atoms with E-state index >= 15 is 0 Å². The third-order valence-corrected chi connectivity index (χ3v) is 6.22. The molecule has 1 aliphatic heterocycles. The maximum absolute atomic E-state index is 14.6. The van der Waals surface area contributed by atoms with Crippen LogP contribution >= 0.6 is 0 Å². The van der Waals surface area contributed by atoms with E-state index in [1.54, 1.807) is 24.5 Å². The molecule has 1 atom stereocenters. The van der Waals surface area contributed by atoms with Gasteiger partial charge in [-0.05, 0) is 55.5 Å². The third-order valence-electron chi connectivity index (χ3n) is 6.22. The number of aromatic nitrogens is 2. The number of aryl methyl sites for hydroxylation is 2. The van der Waals surface area contributed by atoms with E-state index in [2.05, 4.69) is 6.92 Å². The fraction of sp³-hybridized carbons (Fsp3) is 0.423. The Labute approximate surface area is 193 Å². The van der Waals surface area contributed by atoms with Crippen molar-refractivity contribution in [1.82, 2.24) is 9.55 Å². The SMILES string of the molecule is CC.CCCc1c(C)c(F)cc2nc3c(c(C)c12)Cn1c-3cc(C(C)O)c(COC=O)c1=O. The molecule has 0 fully saturated rings. The molecule has 1 unspecified atom stereocenters. The summed E-state index contributed by atoms with van der Waals surface area (Å²) in [4.78, 5) is 28.6. The standard InChI is InChI=1S/C24H25FN2O4.C2H6/c1-5-6-15-12(2)19(25)8-20-22(15)13(3)17-9-27-21(23(17)26-20)7-16(14(4)29)18(24(27)30)10-31-11-28;1-2/h7-8,11,14,29H,5-6,9-10H2,1-4H3;1-2H3. The number of halogens is 1. The van der Waals surface area contributed by atoms with Gasteiger partial charge in [-0.2, -0.15) is 0 Å². The predicted octanol–water partition coefficient (Wildman–Crippen LogP) is 4.89. The summed E-state index contributed by atoms with van der Waals surface area (Å²) in [6.45, 7) is 11.8. The van der Waals surface area contributed by atoms with Crippen molar-refractivity contribution in [3.8, 4) is 11.4 Å². The molecule has 3 aromatic rings. The smallest absolute Gasteiger partial charge is 0.293 e. The van der Waals surface area contributed by atoms with Crippen molar-refractivity contribution in [3.63, 3.8) is 0 Å². The van der Waals surface area contributed by atoms with Gasteiger partial charge in [-0.3, -0.25) is 9.59 Å². The van der Waals surface area contributed by atoms with Crippen LogP contribution in [0.1, 0.15) is 73.6 Å². The van der Waals surface area contributed by atoms with Crippen LogP contribution in [0.15, 0.2) is 16.9 Å². The molecule has 0 aliphatic carbocycles. The summed E-state index contributed by atoms with van der Waals surface area (Å²) in [5.41, 5.74) is 5.57. The Morgan fingerprint density at radius 2 is 1.94 bits per heavy atom. The van der Waals surface area contributed by atoms with Crippen LogP contribution < -0.4 is 5.56 Å². The summed E-state index contributed by atoms with van der Waals surface area (Å²) in [5, 5.41) is 11.2. The van der Waals surface area contributed by atoms with E-state index in [1.165, 1.54) is 6.07 Å². The lowest BCUT2D eigenvalue weighted by atomic mass is 9.92. The molecular formula is C26H31FN2O4. The Kier molecular flexibility index (Phi) is 7.32. The monoisotopic (exact) mass is 454 g/mol. The average Bonchev–Trinajstić information content (AvgIpc) is 3.17. The van der Waals surface area contributed by atoms with E-state index in [1.807, 2.05) is 20.8 Å². The van der Waals surface area contributed by atoms with Crippen LogP contribution in [0.5, 0.6) is 0 Å². The van der Waals surface area contributed by atoms with Gasteiger partial charge in [-0.15, -0.1) is 0 Å². The molecule has 1 aromatic carbocycles. The van der Waals surface area contributed by atoms with Gasteiger partial charge in [-0.25, -0.2) is 9.37 Å². The molecule has 6 nitrogen and oxygen atoms in total. The highest BCUT2D eigenvalue weighted by Crippen LogP contribution is 2.38. The number of benzene rings is 1. The molecule has 1 N–H and O–H groups in total. The second-order valence-corrected chi connectivity index (χ2v) is 8.11. The molecule has 3 heterocycles. The molecule has 176 valence electrons. The van der Waals surface area contributed by atoms with Crippen molar-refractivity contribution in [2.75, 3.05) is 0 Å². The molecule has 0 radical (unpaired) electrons. The number of pyridine rings is 2. The maximum Gasteiger partial charge on any atom is 0.293 e. The van der Waals surface area contributed by atoms with Crippen molar-refractivity contribution in [1.29, 1.82) is 0 Å². The first-order valence-corrected chi connectivity index (χ1v) is 11.4. The molecule has 1 aliphatic rings. The Morgan fingerprint density at radius 3 is 2.55 bits per heavy atom. The number of ether oxygens (including phenoxy) is 1. The molecule has 33 heavy (non-hydrogen) atoms. The molecule has 0 spiro atoms. The van der Waals surface area contributed by atoms with Gasteiger partial charge in [0.25, 0.3) is 12.0 Å². The van der Waals surface area contributed by atoms with Gasteiger partial charge >= 0.3 is 0 Å². The molecule has 0 amide bonds. The van der Waals surface area contributed by atoms with Crippen molar-refractivity contribution in [2.24, 2.45) is 0 Å². The van der Waals surface area contributed by atoms with Crippen LogP contribution in [0.4, 0.5) is 4.39 Å². The highest BCUT2D eigenvalue weighted by atomic mass is 19.1. The number of carbonyl (C=O) groups is 1. The fourth-order valence-corrected chi connectivity index (χ4v) is 4.63. The minimum Gasteiger partial charge on any atom is -0.463 e. The third kappa shape index (κ3) is 4.06.